The van der Waals surface area contributed by atoms with Crippen LogP contribution in [-0.2, 0) is 0 Å². The number of azo groups is 1. The predicted molar refractivity (Wildman–Crippen MR) is 54.7 cm³/mol. The second-order valence-corrected chi connectivity index (χ2v) is 3.01. The molecule has 0 atom stereocenters. The molecule has 78 valence electrons. The van der Waals surface area contributed by atoms with Gasteiger partial charge >= 0.3 is 0 Å². The fourth-order valence-electron chi connectivity index (χ4n) is 1.02. The maximum atomic E-state index is 11.0. The molecule has 0 unspecified atom stereocenters. The third-order valence-electron chi connectivity index (χ3n) is 1.81. The van der Waals surface area contributed by atoms with Crippen LogP contribution in [0.5, 0.6) is 0 Å². The lowest BCUT2D eigenvalue weighted by Crippen LogP contribution is -1.97. The lowest BCUT2D eigenvalue weighted by Gasteiger charge is -1.90. The first-order chi connectivity index (χ1) is 6.75. The molecule has 14 heavy (non-hydrogen) atoms. The van der Waals surface area contributed by atoms with Gasteiger partial charge in [0.2, 0.25) is 0 Å². The summed E-state index contributed by atoms with van der Waals surface area (Å²) in [6.45, 7) is 2.75. The number of nitrogen functional groups attached to an aromatic ring is 1. The van der Waals surface area contributed by atoms with Gasteiger partial charge in [0.1, 0.15) is 5.82 Å². The summed E-state index contributed by atoms with van der Waals surface area (Å²) in [4.78, 5) is 11.0. The average molecular weight is 197 g/mol. The molecule has 0 radical (unpaired) electrons. The number of unbranched alkanes of at least 4 members (excludes halogenated alkanes) is 2. The Morgan fingerprint density at radius 3 is 2.71 bits per heavy atom. The highest BCUT2D eigenvalue weighted by Crippen LogP contribution is 2.12. The molecule has 0 aromatic carbocycles. The van der Waals surface area contributed by atoms with Gasteiger partial charge in [-0.15, -0.1) is 5.11 Å². The van der Waals surface area contributed by atoms with E-state index < -0.39 is 0 Å². The monoisotopic (exact) mass is 197 g/mol. The van der Waals surface area contributed by atoms with E-state index in [4.69, 9.17) is 5.73 Å². The van der Waals surface area contributed by atoms with E-state index in [2.05, 4.69) is 27.3 Å². The summed E-state index contributed by atoms with van der Waals surface area (Å²) in [6, 6.07) is 0. The molecule has 0 fully saturated rings. The summed E-state index contributed by atoms with van der Waals surface area (Å²) >= 11 is 0. The second kappa shape index (κ2) is 5.21. The number of hydrogen-bond donors (Lipinski definition) is 3. The molecule has 0 aliphatic carbocycles. The summed E-state index contributed by atoms with van der Waals surface area (Å²) in [5.41, 5.74) is 5.28. The van der Waals surface area contributed by atoms with Crippen LogP contribution in [0.3, 0.4) is 0 Å². The molecule has 1 aromatic heterocycles. The smallest absolute Gasteiger partial charge is 0.293 e. The minimum atomic E-state index is -0.332. The second-order valence-electron chi connectivity index (χ2n) is 3.01. The fourth-order valence-corrected chi connectivity index (χ4v) is 1.02. The molecule has 0 aliphatic heterocycles. The van der Waals surface area contributed by atoms with E-state index in [1.807, 2.05) is 0 Å². The predicted octanol–water partition coefficient (Wildman–Crippen LogP) is 1.56. The first kappa shape index (κ1) is 10.5. The van der Waals surface area contributed by atoms with E-state index in [9.17, 15) is 4.79 Å². The van der Waals surface area contributed by atoms with E-state index in [0.717, 1.165) is 19.3 Å². The maximum Gasteiger partial charge on any atom is 0.293 e. The number of H-pyrrole nitrogens is 2. The molecule has 4 N–H and O–H groups in total. The molecule has 6 heteroatoms. The Hall–Kier alpha value is -1.59. The Labute approximate surface area is 81.6 Å². The van der Waals surface area contributed by atoms with Gasteiger partial charge in [-0.1, -0.05) is 19.8 Å². The minimum Gasteiger partial charge on any atom is -0.382 e. The lowest BCUT2D eigenvalue weighted by molar-refractivity contribution is 0.713. The first-order valence-corrected chi connectivity index (χ1v) is 4.69. The summed E-state index contributed by atoms with van der Waals surface area (Å²) < 4.78 is 0. The highest BCUT2D eigenvalue weighted by atomic mass is 16.1. The van der Waals surface area contributed by atoms with Crippen molar-refractivity contribution in [3.63, 3.8) is 0 Å². The molecule has 0 saturated heterocycles. The van der Waals surface area contributed by atoms with Crippen LogP contribution >= 0.6 is 0 Å². The third-order valence-corrected chi connectivity index (χ3v) is 1.81. The topological polar surface area (TPSA) is 99.4 Å². The molecule has 0 spiro atoms. The van der Waals surface area contributed by atoms with Gasteiger partial charge in [0.15, 0.2) is 5.69 Å². The van der Waals surface area contributed by atoms with Gasteiger partial charge < -0.3 is 5.73 Å². The van der Waals surface area contributed by atoms with Gasteiger partial charge in [-0.2, -0.15) is 5.11 Å². The minimum absolute atomic E-state index is 0.168. The molecule has 0 bridgehead atoms. The van der Waals surface area contributed by atoms with Crippen molar-refractivity contribution in [2.45, 2.75) is 26.2 Å². The highest BCUT2D eigenvalue weighted by molar-refractivity contribution is 5.54. The largest absolute Gasteiger partial charge is 0.382 e. The van der Waals surface area contributed by atoms with E-state index >= 15 is 0 Å². The quantitative estimate of drug-likeness (QED) is 0.493. The summed E-state index contributed by atoms with van der Waals surface area (Å²) in [6.07, 6.45) is 3.25. The standard InChI is InChI=1S/C8H15N5O/c1-2-3-4-5-10-11-6-7(9)12-13-8(6)14/h2-5H2,1H3,(H4,9,12,13,14)/b11-10+. The van der Waals surface area contributed by atoms with Gasteiger partial charge in [0.25, 0.3) is 5.56 Å². The van der Waals surface area contributed by atoms with Crippen LogP contribution in [0.1, 0.15) is 26.2 Å². The van der Waals surface area contributed by atoms with Crippen LogP contribution in [0.15, 0.2) is 15.0 Å². The number of nitrogens with two attached hydrogens (primary N) is 1. The van der Waals surface area contributed by atoms with E-state index in [1.165, 1.54) is 0 Å². The number of nitrogens with zero attached hydrogens (tertiary/aromatic N) is 2. The fraction of sp³-hybridized carbons (Fsp3) is 0.625. The van der Waals surface area contributed by atoms with Gasteiger partial charge in [0.05, 0.1) is 6.54 Å². The van der Waals surface area contributed by atoms with Gasteiger partial charge in [-0.3, -0.25) is 15.0 Å². The Kier molecular flexibility index (Phi) is 3.90. The summed E-state index contributed by atoms with van der Waals surface area (Å²) in [7, 11) is 0. The Balaban J connectivity index is 2.48. The molecular weight excluding hydrogens is 182 g/mol. The van der Waals surface area contributed by atoms with Crippen molar-refractivity contribution in [3.05, 3.63) is 10.4 Å². The van der Waals surface area contributed by atoms with Crippen molar-refractivity contribution in [1.82, 2.24) is 10.2 Å². The molecule has 1 heterocycles. The summed E-state index contributed by atoms with van der Waals surface area (Å²) in [5.74, 6) is 0.231. The zero-order valence-electron chi connectivity index (χ0n) is 8.21. The number of aromatic amines is 2. The van der Waals surface area contributed by atoms with E-state index in [-0.39, 0.29) is 17.1 Å². The zero-order chi connectivity index (χ0) is 10.4. The molecule has 0 amide bonds. The van der Waals surface area contributed by atoms with Gasteiger partial charge in [-0.25, -0.2) is 0 Å². The number of anilines is 1. The highest BCUT2D eigenvalue weighted by Gasteiger charge is 2.03. The van der Waals surface area contributed by atoms with Gasteiger partial charge in [0, 0.05) is 0 Å². The maximum absolute atomic E-state index is 11.0. The number of nitrogens with one attached hydrogen (secondary N) is 2. The van der Waals surface area contributed by atoms with Crippen molar-refractivity contribution in [3.8, 4) is 0 Å². The van der Waals surface area contributed by atoms with Crippen molar-refractivity contribution in [1.29, 1.82) is 0 Å². The number of rotatable bonds is 5. The molecule has 1 aromatic rings. The van der Waals surface area contributed by atoms with Crippen LogP contribution in [0.25, 0.3) is 0 Å². The molecule has 0 aliphatic rings. The molecule has 1 rings (SSSR count). The Morgan fingerprint density at radius 2 is 2.14 bits per heavy atom. The van der Waals surface area contributed by atoms with Crippen LogP contribution in [0.2, 0.25) is 0 Å². The zero-order valence-corrected chi connectivity index (χ0v) is 8.21. The SMILES string of the molecule is CCCCC/N=N/c1c(N)[nH][nH]c1=O. The average Bonchev–Trinajstić information content (AvgIpc) is 2.48. The van der Waals surface area contributed by atoms with Gasteiger partial charge in [-0.05, 0) is 6.42 Å². The number of aromatic nitrogens is 2. The normalized spacial score (nSPS) is 11.2. The molecule has 6 nitrogen and oxygen atoms in total. The van der Waals surface area contributed by atoms with Crippen LogP contribution in [0.4, 0.5) is 11.5 Å². The molecule has 0 saturated carbocycles. The Morgan fingerprint density at radius 1 is 1.36 bits per heavy atom. The van der Waals surface area contributed by atoms with E-state index in [0.29, 0.717) is 6.54 Å². The van der Waals surface area contributed by atoms with Crippen LogP contribution in [0, 0.1) is 0 Å². The number of hydrogen-bond acceptors (Lipinski definition) is 4. The summed E-state index contributed by atoms with van der Waals surface area (Å²) in [5, 5.41) is 12.4. The van der Waals surface area contributed by atoms with Crippen LogP contribution < -0.4 is 11.3 Å². The van der Waals surface area contributed by atoms with E-state index in [1.54, 1.807) is 0 Å². The Bertz CT molecular complexity index is 351. The van der Waals surface area contributed by atoms with Crippen molar-refractivity contribution < 1.29 is 0 Å². The molecular formula is C8H15N5O. The lowest BCUT2D eigenvalue weighted by atomic mass is 10.3. The first-order valence-electron chi connectivity index (χ1n) is 4.69. The third kappa shape index (κ3) is 2.72. The van der Waals surface area contributed by atoms with Crippen molar-refractivity contribution in [2.24, 2.45) is 10.2 Å². The van der Waals surface area contributed by atoms with Crippen molar-refractivity contribution >= 4 is 11.5 Å². The van der Waals surface area contributed by atoms with Crippen LogP contribution in [-0.4, -0.2) is 16.7 Å². The van der Waals surface area contributed by atoms with Crippen molar-refractivity contribution in [2.75, 3.05) is 12.3 Å².